The smallest absolute Gasteiger partial charge is 0.311 e. The van der Waals surface area contributed by atoms with Gasteiger partial charge in [-0.3, -0.25) is 14.4 Å². The maximum atomic E-state index is 12.6. The summed E-state index contributed by atoms with van der Waals surface area (Å²) in [5, 5.41) is 11.7. The molecule has 1 aromatic heterocycles. The SMILES string of the molecule is COc1cc(NC(=O)c2c(C)coc2CC(=O)O)ccc1N1CCCC1=O. The lowest BCUT2D eigenvalue weighted by Crippen LogP contribution is -2.24. The number of aliphatic carboxylic acids is 1. The molecule has 1 saturated heterocycles. The molecule has 2 aromatic rings. The highest BCUT2D eigenvalue weighted by Gasteiger charge is 2.25. The van der Waals surface area contributed by atoms with Crippen LogP contribution in [-0.4, -0.2) is 36.5 Å². The summed E-state index contributed by atoms with van der Waals surface area (Å²) in [7, 11) is 1.50. The second-order valence-electron chi connectivity index (χ2n) is 6.28. The quantitative estimate of drug-likeness (QED) is 0.807. The Hall–Kier alpha value is -3.29. The molecule has 142 valence electrons. The molecule has 0 atom stereocenters. The number of rotatable bonds is 6. The molecule has 0 unspecified atom stereocenters. The van der Waals surface area contributed by atoms with Crippen LogP contribution in [-0.2, 0) is 16.0 Å². The van der Waals surface area contributed by atoms with Crippen LogP contribution in [0, 0.1) is 6.92 Å². The number of anilines is 2. The van der Waals surface area contributed by atoms with Crippen LogP contribution in [0.2, 0.25) is 0 Å². The van der Waals surface area contributed by atoms with Gasteiger partial charge in [-0.25, -0.2) is 0 Å². The van der Waals surface area contributed by atoms with Crippen molar-refractivity contribution in [1.29, 1.82) is 0 Å². The Morgan fingerprint density at radius 1 is 1.37 bits per heavy atom. The van der Waals surface area contributed by atoms with Gasteiger partial charge < -0.3 is 24.5 Å². The van der Waals surface area contributed by atoms with E-state index in [1.54, 1.807) is 30.0 Å². The van der Waals surface area contributed by atoms with Gasteiger partial charge in [-0.15, -0.1) is 0 Å². The summed E-state index contributed by atoms with van der Waals surface area (Å²) >= 11 is 0. The summed E-state index contributed by atoms with van der Waals surface area (Å²) in [5.74, 6) is -0.942. The van der Waals surface area contributed by atoms with Crippen LogP contribution in [0.15, 0.2) is 28.9 Å². The summed E-state index contributed by atoms with van der Waals surface area (Å²) in [6, 6.07) is 5.02. The monoisotopic (exact) mass is 372 g/mol. The van der Waals surface area contributed by atoms with Crippen LogP contribution < -0.4 is 15.0 Å². The predicted octanol–water partition coefficient (Wildman–Crippen LogP) is 2.60. The number of benzene rings is 1. The molecule has 0 radical (unpaired) electrons. The summed E-state index contributed by atoms with van der Waals surface area (Å²) < 4.78 is 10.6. The van der Waals surface area contributed by atoms with Gasteiger partial charge in [-0.1, -0.05) is 0 Å². The summed E-state index contributed by atoms with van der Waals surface area (Å²) in [6.45, 7) is 2.31. The molecular formula is C19H20N2O6. The topological polar surface area (TPSA) is 109 Å². The average molecular weight is 372 g/mol. The van der Waals surface area contributed by atoms with Gasteiger partial charge in [0.2, 0.25) is 5.91 Å². The van der Waals surface area contributed by atoms with Gasteiger partial charge in [0.25, 0.3) is 5.91 Å². The number of carbonyl (C=O) groups is 3. The van der Waals surface area contributed by atoms with Crippen molar-refractivity contribution in [2.75, 3.05) is 23.9 Å². The normalized spacial score (nSPS) is 13.7. The van der Waals surface area contributed by atoms with E-state index < -0.39 is 11.9 Å². The van der Waals surface area contributed by atoms with Crippen molar-refractivity contribution in [2.24, 2.45) is 0 Å². The van der Waals surface area contributed by atoms with Crippen LogP contribution in [0.1, 0.15) is 34.5 Å². The second-order valence-corrected chi connectivity index (χ2v) is 6.28. The number of hydrogen-bond donors (Lipinski definition) is 2. The van der Waals surface area contributed by atoms with Gasteiger partial charge in [0.05, 0.1) is 24.6 Å². The van der Waals surface area contributed by atoms with Crippen molar-refractivity contribution in [3.63, 3.8) is 0 Å². The molecule has 2 N–H and O–H groups in total. The first-order valence-corrected chi connectivity index (χ1v) is 8.49. The van der Waals surface area contributed by atoms with Crippen LogP contribution in [0.5, 0.6) is 5.75 Å². The minimum atomic E-state index is -1.08. The standard InChI is InChI=1S/C19H20N2O6/c1-11-10-27-15(9-17(23)24)18(11)19(25)20-12-5-6-13(14(8-12)26-2)21-7-3-4-16(21)22/h5-6,8,10H,3-4,7,9H2,1-2H3,(H,20,25)(H,23,24). The Kier molecular flexibility index (Phi) is 5.16. The zero-order chi connectivity index (χ0) is 19.6. The van der Waals surface area contributed by atoms with Crippen molar-refractivity contribution in [1.82, 2.24) is 0 Å². The fourth-order valence-corrected chi connectivity index (χ4v) is 3.15. The molecule has 0 bridgehead atoms. The van der Waals surface area contributed by atoms with Gasteiger partial charge in [-0.2, -0.15) is 0 Å². The minimum absolute atomic E-state index is 0.0393. The van der Waals surface area contributed by atoms with E-state index in [0.717, 1.165) is 6.42 Å². The molecule has 1 aliphatic heterocycles. The molecule has 8 heteroatoms. The van der Waals surface area contributed by atoms with Crippen molar-refractivity contribution in [2.45, 2.75) is 26.2 Å². The van der Waals surface area contributed by atoms with Crippen LogP contribution in [0.4, 0.5) is 11.4 Å². The number of nitrogens with zero attached hydrogens (tertiary/aromatic N) is 1. The first-order valence-electron chi connectivity index (χ1n) is 8.49. The first-order chi connectivity index (χ1) is 12.9. The number of furan rings is 1. The van der Waals surface area contributed by atoms with E-state index >= 15 is 0 Å². The number of carboxylic acid groups (broad SMARTS) is 1. The Morgan fingerprint density at radius 2 is 2.15 bits per heavy atom. The fraction of sp³-hybridized carbons (Fsp3) is 0.316. The third-order valence-corrected chi connectivity index (χ3v) is 4.39. The Balaban J connectivity index is 1.84. The van der Waals surface area contributed by atoms with Crippen LogP contribution in [0.3, 0.4) is 0 Å². The van der Waals surface area contributed by atoms with Gasteiger partial charge in [0.1, 0.15) is 17.9 Å². The minimum Gasteiger partial charge on any atom is -0.494 e. The second kappa shape index (κ2) is 7.53. The Morgan fingerprint density at radius 3 is 2.78 bits per heavy atom. The van der Waals surface area contributed by atoms with Crippen molar-refractivity contribution < 1.29 is 28.6 Å². The highest BCUT2D eigenvalue weighted by molar-refractivity contribution is 6.07. The zero-order valence-corrected chi connectivity index (χ0v) is 15.1. The molecule has 2 amide bonds. The summed E-state index contributed by atoms with van der Waals surface area (Å²) in [4.78, 5) is 37.2. The van der Waals surface area contributed by atoms with E-state index in [1.165, 1.54) is 13.4 Å². The van der Waals surface area contributed by atoms with Gasteiger partial charge in [0, 0.05) is 30.3 Å². The lowest BCUT2D eigenvalue weighted by atomic mass is 10.1. The number of carbonyl (C=O) groups excluding carboxylic acids is 2. The van der Waals surface area contributed by atoms with Crippen LogP contribution >= 0.6 is 0 Å². The van der Waals surface area contributed by atoms with Crippen molar-refractivity contribution in [3.05, 3.63) is 41.3 Å². The van der Waals surface area contributed by atoms with Gasteiger partial charge in [0.15, 0.2) is 0 Å². The molecule has 3 rings (SSSR count). The van der Waals surface area contributed by atoms with E-state index in [2.05, 4.69) is 5.32 Å². The third kappa shape index (κ3) is 3.79. The molecule has 0 saturated carbocycles. The molecule has 1 aromatic carbocycles. The zero-order valence-electron chi connectivity index (χ0n) is 15.1. The van der Waals surface area contributed by atoms with E-state index in [9.17, 15) is 14.4 Å². The number of hydrogen-bond acceptors (Lipinski definition) is 5. The van der Waals surface area contributed by atoms with E-state index in [1.807, 2.05) is 0 Å². The Labute approximate surface area is 155 Å². The predicted molar refractivity (Wildman–Crippen MR) is 97.3 cm³/mol. The number of aryl methyl sites for hydroxylation is 1. The number of methoxy groups -OCH3 is 1. The molecule has 0 spiro atoms. The van der Waals surface area contributed by atoms with Crippen molar-refractivity contribution >= 4 is 29.2 Å². The largest absolute Gasteiger partial charge is 0.494 e. The molecule has 1 fully saturated rings. The van der Waals surface area contributed by atoms with Crippen molar-refractivity contribution in [3.8, 4) is 5.75 Å². The lowest BCUT2D eigenvalue weighted by Gasteiger charge is -2.19. The maximum Gasteiger partial charge on any atom is 0.311 e. The molecule has 0 aliphatic carbocycles. The average Bonchev–Trinajstić information content (AvgIpc) is 3.20. The first kappa shape index (κ1) is 18.5. The van der Waals surface area contributed by atoms with E-state index in [4.69, 9.17) is 14.3 Å². The number of amides is 2. The number of ether oxygens (including phenoxy) is 1. The molecule has 27 heavy (non-hydrogen) atoms. The highest BCUT2D eigenvalue weighted by Crippen LogP contribution is 2.34. The van der Waals surface area contributed by atoms with Crippen LogP contribution in [0.25, 0.3) is 0 Å². The van der Waals surface area contributed by atoms with E-state index in [0.29, 0.717) is 35.7 Å². The molecule has 8 nitrogen and oxygen atoms in total. The summed E-state index contributed by atoms with van der Waals surface area (Å²) in [5.41, 5.74) is 1.88. The summed E-state index contributed by atoms with van der Waals surface area (Å²) in [6.07, 6.45) is 2.28. The number of nitrogens with one attached hydrogen (secondary N) is 1. The molecule has 1 aliphatic rings. The van der Waals surface area contributed by atoms with Gasteiger partial charge >= 0.3 is 5.97 Å². The Bertz CT molecular complexity index is 902. The fourth-order valence-electron chi connectivity index (χ4n) is 3.15. The highest BCUT2D eigenvalue weighted by atomic mass is 16.5. The van der Waals surface area contributed by atoms with Gasteiger partial charge in [-0.05, 0) is 25.5 Å². The maximum absolute atomic E-state index is 12.6. The number of carboxylic acids is 1. The van der Waals surface area contributed by atoms with E-state index in [-0.39, 0.29) is 23.7 Å². The molecule has 2 heterocycles. The molecular weight excluding hydrogens is 352 g/mol. The lowest BCUT2D eigenvalue weighted by molar-refractivity contribution is -0.136. The third-order valence-electron chi connectivity index (χ3n) is 4.39.